The Kier molecular flexibility index (Phi) is 4.28. The van der Waals surface area contributed by atoms with E-state index in [1.165, 1.54) is 0 Å². The molecule has 0 bridgehead atoms. The van der Waals surface area contributed by atoms with Crippen LogP contribution in [0.4, 0.5) is 5.69 Å². The van der Waals surface area contributed by atoms with Gasteiger partial charge in [0.05, 0.1) is 17.3 Å². The van der Waals surface area contributed by atoms with E-state index in [2.05, 4.69) is 4.98 Å². The quantitative estimate of drug-likeness (QED) is 0.898. The van der Waals surface area contributed by atoms with Gasteiger partial charge in [0.25, 0.3) is 0 Å². The highest BCUT2D eigenvalue weighted by Gasteiger charge is 2.29. The predicted octanol–water partition coefficient (Wildman–Crippen LogP) is 2.35. The number of hydroxylamine groups is 2. The minimum Gasteiger partial charge on any atom is -0.397 e. The van der Waals surface area contributed by atoms with E-state index in [0.717, 1.165) is 31.6 Å². The fourth-order valence-corrected chi connectivity index (χ4v) is 2.16. The van der Waals surface area contributed by atoms with E-state index in [4.69, 9.17) is 10.6 Å². The SMILES string of the molecule is CC(C)(C)C(=O)ON1CCC(c2ccc(N)cn2)CC1. The maximum atomic E-state index is 11.8. The number of aromatic nitrogens is 1. The molecule has 2 rings (SSSR count). The molecule has 0 saturated carbocycles. The summed E-state index contributed by atoms with van der Waals surface area (Å²) < 4.78 is 0. The van der Waals surface area contributed by atoms with Gasteiger partial charge in [0.2, 0.25) is 0 Å². The maximum absolute atomic E-state index is 11.8. The highest BCUT2D eigenvalue weighted by molar-refractivity contribution is 5.75. The van der Waals surface area contributed by atoms with E-state index < -0.39 is 5.41 Å². The van der Waals surface area contributed by atoms with Gasteiger partial charge in [-0.25, -0.2) is 4.79 Å². The molecule has 0 spiro atoms. The first-order chi connectivity index (χ1) is 9.36. The number of rotatable bonds is 2. The maximum Gasteiger partial charge on any atom is 0.330 e. The first-order valence-corrected chi connectivity index (χ1v) is 7.05. The highest BCUT2D eigenvalue weighted by Crippen LogP contribution is 2.27. The van der Waals surface area contributed by atoms with Crippen LogP contribution in [0.2, 0.25) is 0 Å². The fraction of sp³-hybridized carbons (Fsp3) is 0.600. The lowest BCUT2D eigenvalue weighted by atomic mass is 9.94. The summed E-state index contributed by atoms with van der Waals surface area (Å²) in [5.74, 6) is 0.238. The van der Waals surface area contributed by atoms with Crippen molar-refractivity contribution in [2.75, 3.05) is 18.8 Å². The standard InChI is InChI=1S/C15H23N3O2/c1-15(2,3)14(19)20-18-8-6-11(7-9-18)13-5-4-12(16)10-17-13/h4-5,10-11H,6-9,16H2,1-3H3. The van der Waals surface area contributed by atoms with Gasteiger partial charge >= 0.3 is 5.97 Å². The molecule has 1 saturated heterocycles. The van der Waals surface area contributed by atoms with Gasteiger partial charge in [-0.2, -0.15) is 0 Å². The van der Waals surface area contributed by atoms with Crippen LogP contribution in [0.25, 0.3) is 0 Å². The molecule has 1 aromatic rings. The van der Waals surface area contributed by atoms with Crippen molar-refractivity contribution in [2.45, 2.75) is 39.5 Å². The van der Waals surface area contributed by atoms with Crippen molar-refractivity contribution in [2.24, 2.45) is 5.41 Å². The van der Waals surface area contributed by atoms with Gasteiger partial charge in [0.15, 0.2) is 0 Å². The number of hydrogen-bond acceptors (Lipinski definition) is 5. The zero-order valence-electron chi connectivity index (χ0n) is 12.4. The molecule has 110 valence electrons. The van der Waals surface area contributed by atoms with Crippen LogP contribution in [-0.4, -0.2) is 29.1 Å². The number of pyridine rings is 1. The van der Waals surface area contributed by atoms with Gasteiger partial charge in [-0.1, -0.05) is 0 Å². The van der Waals surface area contributed by atoms with Crippen molar-refractivity contribution in [3.63, 3.8) is 0 Å². The van der Waals surface area contributed by atoms with Crippen LogP contribution in [-0.2, 0) is 9.63 Å². The summed E-state index contributed by atoms with van der Waals surface area (Å²) in [4.78, 5) is 21.6. The molecule has 5 heteroatoms. The van der Waals surface area contributed by atoms with Gasteiger partial charge in [-0.05, 0) is 45.7 Å². The number of nitrogen functional groups attached to an aromatic ring is 1. The first kappa shape index (κ1) is 14.8. The summed E-state index contributed by atoms with van der Waals surface area (Å²) in [7, 11) is 0. The minimum atomic E-state index is -0.463. The van der Waals surface area contributed by atoms with E-state index >= 15 is 0 Å². The molecule has 0 atom stereocenters. The average Bonchev–Trinajstić information content (AvgIpc) is 2.39. The van der Waals surface area contributed by atoms with Crippen molar-refractivity contribution in [1.29, 1.82) is 0 Å². The molecule has 0 unspecified atom stereocenters. The normalized spacial score (nSPS) is 17.9. The fourth-order valence-electron chi connectivity index (χ4n) is 2.16. The molecule has 5 nitrogen and oxygen atoms in total. The lowest BCUT2D eigenvalue weighted by molar-refractivity contribution is -0.204. The summed E-state index contributed by atoms with van der Waals surface area (Å²) in [6.45, 7) is 7.08. The van der Waals surface area contributed by atoms with Crippen LogP contribution in [0, 0.1) is 5.41 Å². The Morgan fingerprint density at radius 2 is 2.00 bits per heavy atom. The molecule has 2 N–H and O–H groups in total. The summed E-state index contributed by atoms with van der Waals surface area (Å²) in [5, 5.41) is 1.77. The van der Waals surface area contributed by atoms with Crippen LogP contribution in [0.15, 0.2) is 18.3 Å². The Bertz CT molecular complexity index is 457. The van der Waals surface area contributed by atoms with Crippen molar-refractivity contribution in [1.82, 2.24) is 10.0 Å². The second-order valence-corrected chi connectivity index (χ2v) is 6.35. The van der Waals surface area contributed by atoms with Crippen LogP contribution in [0.3, 0.4) is 0 Å². The number of anilines is 1. The number of piperidine rings is 1. The minimum absolute atomic E-state index is 0.179. The molecule has 0 aliphatic carbocycles. The molecule has 20 heavy (non-hydrogen) atoms. The molecule has 0 aromatic carbocycles. The van der Waals surface area contributed by atoms with Crippen molar-refractivity contribution in [3.8, 4) is 0 Å². The Labute approximate surface area is 120 Å². The largest absolute Gasteiger partial charge is 0.397 e. The Hall–Kier alpha value is -1.62. The van der Waals surface area contributed by atoms with Gasteiger partial charge in [-0.15, -0.1) is 5.06 Å². The molecule has 0 radical (unpaired) electrons. The lowest BCUT2D eigenvalue weighted by Crippen LogP contribution is -2.38. The summed E-state index contributed by atoms with van der Waals surface area (Å²) in [6, 6.07) is 3.87. The Morgan fingerprint density at radius 1 is 1.35 bits per heavy atom. The van der Waals surface area contributed by atoms with Crippen LogP contribution in [0.1, 0.15) is 45.2 Å². The summed E-state index contributed by atoms with van der Waals surface area (Å²) in [6.07, 6.45) is 3.57. The third-order valence-corrected chi connectivity index (χ3v) is 3.51. The predicted molar refractivity (Wildman–Crippen MR) is 77.7 cm³/mol. The third-order valence-electron chi connectivity index (χ3n) is 3.51. The van der Waals surface area contributed by atoms with E-state index in [9.17, 15) is 4.79 Å². The lowest BCUT2D eigenvalue weighted by Gasteiger charge is -2.31. The summed E-state index contributed by atoms with van der Waals surface area (Å²) >= 11 is 0. The van der Waals surface area contributed by atoms with Gasteiger partial charge in [0, 0.05) is 24.7 Å². The molecule has 1 aliphatic heterocycles. The second-order valence-electron chi connectivity index (χ2n) is 6.35. The van der Waals surface area contributed by atoms with Gasteiger partial charge in [-0.3, -0.25) is 4.98 Å². The van der Waals surface area contributed by atoms with Crippen molar-refractivity contribution >= 4 is 11.7 Å². The summed E-state index contributed by atoms with van der Waals surface area (Å²) in [5.41, 5.74) is 6.94. The zero-order chi connectivity index (χ0) is 14.8. The number of nitrogens with zero attached hydrogens (tertiary/aromatic N) is 2. The molecular formula is C15H23N3O2. The number of carbonyl (C=O) groups is 1. The molecule has 0 amide bonds. The zero-order valence-corrected chi connectivity index (χ0v) is 12.4. The number of hydrogen-bond donors (Lipinski definition) is 1. The van der Waals surface area contributed by atoms with E-state index in [1.807, 2.05) is 32.9 Å². The van der Waals surface area contributed by atoms with E-state index in [1.54, 1.807) is 11.3 Å². The van der Waals surface area contributed by atoms with Gasteiger partial charge in [0.1, 0.15) is 0 Å². The Balaban J connectivity index is 1.86. The van der Waals surface area contributed by atoms with E-state index in [0.29, 0.717) is 11.6 Å². The first-order valence-electron chi connectivity index (χ1n) is 7.05. The highest BCUT2D eigenvalue weighted by atomic mass is 16.7. The van der Waals surface area contributed by atoms with Crippen LogP contribution >= 0.6 is 0 Å². The van der Waals surface area contributed by atoms with E-state index in [-0.39, 0.29) is 5.97 Å². The topological polar surface area (TPSA) is 68.5 Å². The Morgan fingerprint density at radius 3 is 2.50 bits per heavy atom. The van der Waals surface area contributed by atoms with Crippen molar-refractivity contribution in [3.05, 3.63) is 24.0 Å². The molecule has 1 aromatic heterocycles. The third kappa shape index (κ3) is 3.70. The second kappa shape index (κ2) is 5.79. The molecule has 1 fully saturated rings. The molecule has 1 aliphatic rings. The molecule has 2 heterocycles. The van der Waals surface area contributed by atoms with Crippen LogP contribution in [0.5, 0.6) is 0 Å². The number of nitrogens with two attached hydrogens (primary N) is 1. The van der Waals surface area contributed by atoms with Gasteiger partial charge < -0.3 is 10.6 Å². The molecular weight excluding hydrogens is 254 g/mol. The van der Waals surface area contributed by atoms with Crippen LogP contribution < -0.4 is 5.73 Å². The van der Waals surface area contributed by atoms with Crippen molar-refractivity contribution < 1.29 is 9.63 Å². The monoisotopic (exact) mass is 277 g/mol. The number of carbonyl (C=O) groups excluding carboxylic acids is 1. The average molecular weight is 277 g/mol. The smallest absolute Gasteiger partial charge is 0.330 e.